The van der Waals surface area contributed by atoms with Crippen molar-refractivity contribution in [3.8, 4) is 11.5 Å². The van der Waals surface area contributed by atoms with E-state index in [9.17, 15) is 13.2 Å². The summed E-state index contributed by atoms with van der Waals surface area (Å²) >= 11 is 1.33. The first-order chi connectivity index (χ1) is 17.2. The Morgan fingerprint density at radius 2 is 1.75 bits per heavy atom. The summed E-state index contributed by atoms with van der Waals surface area (Å²) in [5, 5.41) is 0.485. The zero-order valence-electron chi connectivity index (χ0n) is 21.2. The minimum Gasteiger partial charge on any atom is -0.495 e. The molecule has 1 atom stereocenters. The van der Waals surface area contributed by atoms with Crippen LogP contribution in [0.15, 0.2) is 41.3 Å². The van der Waals surface area contributed by atoms with Crippen molar-refractivity contribution in [3.05, 3.63) is 42.0 Å². The van der Waals surface area contributed by atoms with Crippen LogP contribution in [0.5, 0.6) is 11.5 Å². The Morgan fingerprint density at radius 3 is 2.39 bits per heavy atom. The molecule has 1 aromatic heterocycles. The minimum atomic E-state index is -3.82. The van der Waals surface area contributed by atoms with Crippen LogP contribution >= 0.6 is 11.3 Å². The molecule has 0 bridgehead atoms. The summed E-state index contributed by atoms with van der Waals surface area (Å²) in [4.78, 5) is 22.5. The van der Waals surface area contributed by atoms with Crippen molar-refractivity contribution in [2.45, 2.75) is 30.7 Å². The number of benzene rings is 2. The van der Waals surface area contributed by atoms with Gasteiger partial charge in [-0.3, -0.25) is 9.69 Å². The smallest absolute Gasteiger partial charge is 0.247 e. The summed E-state index contributed by atoms with van der Waals surface area (Å²) in [5.41, 5.74) is 1.58. The van der Waals surface area contributed by atoms with Gasteiger partial charge in [-0.15, -0.1) is 0 Å². The molecule has 0 aliphatic carbocycles. The van der Waals surface area contributed by atoms with E-state index in [1.807, 2.05) is 32.0 Å². The van der Waals surface area contributed by atoms with Crippen LogP contribution in [0.4, 0.5) is 5.13 Å². The van der Waals surface area contributed by atoms with E-state index in [-0.39, 0.29) is 10.8 Å². The van der Waals surface area contributed by atoms with Crippen LogP contribution < -0.4 is 14.4 Å². The molecular formula is C25H32N4O5S2. The van der Waals surface area contributed by atoms with E-state index >= 15 is 0 Å². The normalized spacial score (nSPS) is 16.6. The second-order valence-electron chi connectivity index (χ2n) is 9.02. The molecule has 11 heteroatoms. The second kappa shape index (κ2) is 10.7. The Morgan fingerprint density at radius 1 is 1.08 bits per heavy atom. The third-order valence-electron chi connectivity index (χ3n) is 6.28. The molecule has 2 aromatic carbocycles. The molecule has 0 N–H and O–H groups in total. The van der Waals surface area contributed by atoms with Gasteiger partial charge in [0.1, 0.15) is 27.8 Å². The zero-order valence-corrected chi connectivity index (χ0v) is 22.9. The Hall–Kier alpha value is -2.73. The van der Waals surface area contributed by atoms with E-state index in [2.05, 4.69) is 0 Å². The number of methoxy groups -OCH3 is 2. The third kappa shape index (κ3) is 5.06. The Balaban J connectivity index is 1.73. The largest absolute Gasteiger partial charge is 0.495 e. The van der Waals surface area contributed by atoms with E-state index in [0.717, 1.165) is 10.3 Å². The van der Waals surface area contributed by atoms with Crippen LogP contribution in [0, 0.1) is 6.92 Å². The molecule has 1 aliphatic heterocycles. The summed E-state index contributed by atoms with van der Waals surface area (Å²) in [6.45, 7) is 3.16. The van der Waals surface area contributed by atoms with Gasteiger partial charge in [0.05, 0.1) is 19.1 Å². The van der Waals surface area contributed by atoms with Crippen molar-refractivity contribution in [2.75, 3.05) is 52.8 Å². The fourth-order valence-electron chi connectivity index (χ4n) is 4.29. The first-order valence-electron chi connectivity index (χ1n) is 11.7. The number of sulfonamides is 1. The average Bonchev–Trinajstić information content (AvgIpc) is 3.52. The topological polar surface area (TPSA) is 92.3 Å². The van der Waals surface area contributed by atoms with Gasteiger partial charge in [-0.25, -0.2) is 13.4 Å². The molecule has 1 aliphatic rings. The number of ether oxygens (including phenoxy) is 2. The number of rotatable bonds is 9. The lowest BCUT2D eigenvalue weighted by Crippen LogP contribution is -2.49. The molecule has 4 rings (SSSR count). The summed E-state index contributed by atoms with van der Waals surface area (Å²) in [7, 11) is 3.19. The van der Waals surface area contributed by atoms with Gasteiger partial charge >= 0.3 is 0 Å². The number of hydrogen-bond donors (Lipinski definition) is 0. The molecule has 0 saturated carbocycles. The number of nitrogens with zero attached hydrogens (tertiary/aromatic N) is 4. The van der Waals surface area contributed by atoms with Crippen LogP contribution in [0.25, 0.3) is 10.2 Å². The van der Waals surface area contributed by atoms with E-state index in [4.69, 9.17) is 14.5 Å². The van der Waals surface area contributed by atoms with Crippen molar-refractivity contribution >= 4 is 42.6 Å². The van der Waals surface area contributed by atoms with E-state index < -0.39 is 16.1 Å². The van der Waals surface area contributed by atoms with Crippen molar-refractivity contribution in [1.29, 1.82) is 0 Å². The molecule has 1 amide bonds. The lowest BCUT2D eigenvalue weighted by Gasteiger charge is -2.29. The quantitative estimate of drug-likeness (QED) is 0.417. The second-order valence-corrected chi connectivity index (χ2v) is 11.9. The minimum absolute atomic E-state index is 0.196. The molecule has 9 nitrogen and oxygen atoms in total. The first-order valence-corrected chi connectivity index (χ1v) is 14.0. The number of carbonyl (C=O) groups excluding carboxylic acids is 1. The van der Waals surface area contributed by atoms with Gasteiger partial charge in [0, 0.05) is 19.6 Å². The van der Waals surface area contributed by atoms with Gasteiger partial charge in [0.2, 0.25) is 15.9 Å². The maximum atomic E-state index is 14.0. The van der Waals surface area contributed by atoms with Gasteiger partial charge in [-0.05, 0) is 58.1 Å². The van der Waals surface area contributed by atoms with Crippen LogP contribution in [-0.2, 0) is 14.8 Å². The third-order valence-corrected chi connectivity index (χ3v) is 9.30. The van der Waals surface area contributed by atoms with Gasteiger partial charge in [-0.1, -0.05) is 29.0 Å². The molecule has 1 fully saturated rings. The number of amides is 1. The van der Waals surface area contributed by atoms with E-state index in [1.54, 1.807) is 49.5 Å². The van der Waals surface area contributed by atoms with E-state index in [0.29, 0.717) is 54.6 Å². The highest BCUT2D eigenvalue weighted by Crippen LogP contribution is 2.40. The maximum absolute atomic E-state index is 14.0. The van der Waals surface area contributed by atoms with Gasteiger partial charge < -0.3 is 14.4 Å². The monoisotopic (exact) mass is 532 g/mol. The molecule has 3 aromatic rings. The predicted octanol–water partition coefficient (Wildman–Crippen LogP) is 3.37. The number of likely N-dealkylation sites (N-methyl/N-ethyl adjacent to an activating group) is 1. The highest BCUT2D eigenvalue weighted by molar-refractivity contribution is 7.89. The number of carbonyl (C=O) groups is 1. The van der Waals surface area contributed by atoms with Crippen molar-refractivity contribution in [3.63, 3.8) is 0 Å². The molecule has 2 heterocycles. The summed E-state index contributed by atoms with van der Waals surface area (Å²) in [6.07, 6.45) is 1.07. The number of anilines is 1. The number of thiazole rings is 1. The van der Waals surface area contributed by atoms with Crippen LogP contribution in [0.3, 0.4) is 0 Å². The van der Waals surface area contributed by atoms with Crippen LogP contribution in [-0.4, -0.2) is 82.5 Å². The molecule has 1 unspecified atom stereocenters. The first kappa shape index (κ1) is 26.3. The molecule has 1 saturated heterocycles. The SMILES string of the molecule is COc1ccc(OC)c2sc(N(CCN(C)C)C(=O)C3CCCN3S(=O)(=O)c3ccc(C)cc3)nc12. The zero-order chi connectivity index (χ0) is 26.0. The maximum Gasteiger partial charge on any atom is 0.247 e. The number of aromatic nitrogens is 1. The Bertz CT molecular complexity index is 1300. The lowest BCUT2D eigenvalue weighted by molar-refractivity contribution is -0.121. The standard InChI is InChI=1S/C25H32N4O5S2/c1-17-8-10-18(11-9-17)36(31,32)29-14-6-7-19(29)24(30)28(16-15-27(2)3)25-26-22-20(33-4)12-13-21(34-5)23(22)35-25/h8-13,19H,6-7,14-16H2,1-5H3. The predicted molar refractivity (Wildman–Crippen MR) is 142 cm³/mol. The Labute approximate surface area is 216 Å². The summed E-state index contributed by atoms with van der Waals surface area (Å²) in [5.74, 6) is 0.943. The molecule has 36 heavy (non-hydrogen) atoms. The van der Waals surface area contributed by atoms with E-state index in [1.165, 1.54) is 15.6 Å². The number of fused-ring (bicyclic) bond motifs is 1. The summed E-state index contributed by atoms with van der Waals surface area (Å²) < 4.78 is 40.1. The molecule has 194 valence electrons. The molecule has 0 spiro atoms. The molecular weight excluding hydrogens is 500 g/mol. The highest BCUT2D eigenvalue weighted by Gasteiger charge is 2.42. The molecule has 0 radical (unpaired) electrons. The lowest BCUT2D eigenvalue weighted by atomic mass is 10.2. The van der Waals surface area contributed by atoms with Gasteiger partial charge in [-0.2, -0.15) is 4.31 Å². The van der Waals surface area contributed by atoms with Crippen LogP contribution in [0.1, 0.15) is 18.4 Å². The summed E-state index contributed by atoms with van der Waals surface area (Å²) in [6, 6.07) is 9.52. The number of hydrogen-bond acceptors (Lipinski definition) is 8. The number of aryl methyl sites for hydroxylation is 1. The Kier molecular flexibility index (Phi) is 7.84. The van der Waals surface area contributed by atoms with Crippen LogP contribution in [0.2, 0.25) is 0 Å². The van der Waals surface area contributed by atoms with Gasteiger partial charge in [0.15, 0.2) is 5.13 Å². The highest BCUT2D eigenvalue weighted by atomic mass is 32.2. The fourth-order valence-corrected chi connectivity index (χ4v) is 7.05. The average molecular weight is 533 g/mol. The fraction of sp³-hybridized carbons (Fsp3) is 0.440. The van der Waals surface area contributed by atoms with Gasteiger partial charge in [0.25, 0.3) is 0 Å². The van der Waals surface area contributed by atoms with Crippen molar-refractivity contribution < 1.29 is 22.7 Å². The van der Waals surface area contributed by atoms with Crippen molar-refractivity contribution in [2.24, 2.45) is 0 Å². The van der Waals surface area contributed by atoms with Crippen molar-refractivity contribution in [1.82, 2.24) is 14.2 Å².